The molecule has 5 nitrogen and oxygen atoms in total. The summed E-state index contributed by atoms with van der Waals surface area (Å²) < 4.78 is 18.6. The van der Waals surface area contributed by atoms with Crippen LogP contribution in [0, 0.1) is 5.82 Å². The van der Waals surface area contributed by atoms with Crippen LogP contribution in [0.4, 0.5) is 14.9 Å². The van der Waals surface area contributed by atoms with Crippen LogP contribution in [0.15, 0.2) is 48.5 Å². The van der Waals surface area contributed by atoms with Crippen molar-refractivity contribution in [1.29, 1.82) is 0 Å². The first-order chi connectivity index (χ1) is 12.7. The summed E-state index contributed by atoms with van der Waals surface area (Å²) in [5.74, 6) is -0.935. The molecule has 1 aliphatic heterocycles. The van der Waals surface area contributed by atoms with E-state index in [1.54, 1.807) is 57.2 Å². The summed E-state index contributed by atoms with van der Waals surface area (Å²) in [5, 5.41) is 10.2. The number of anilines is 1. The third-order valence-electron chi connectivity index (χ3n) is 4.54. The van der Waals surface area contributed by atoms with Gasteiger partial charge in [-0.1, -0.05) is 30.3 Å². The summed E-state index contributed by atoms with van der Waals surface area (Å²) in [5.41, 5.74) is -0.473. The first-order valence-electron chi connectivity index (χ1n) is 8.70. The van der Waals surface area contributed by atoms with Gasteiger partial charge in [-0.3, -0.25) is 4.79 Å². The van der Waals surface area contributed by atoms with Gasteiger partial charge in [-0.2, -0.15) is 0 Å². The summed E-state index contributed by atoms with van der Waals surface area (Å²) in [6.45, 7) is 4.67. The van der Waals surface area contributed by atoms with Crippen molar-refractivity contribution >= 4 is 17.7 Å². The van der Waals surface area contributed by atoms with Gasteiger partial charge in [0.2, 0.25) is 5.91 Å². The lowest BCUT2D eigenvalue weighted by molar-refractivity contribution is -0.124. The zero-order valence-electron chi connectivity index (χ0n) is 15.5. The fraction of sp³-hybridized carbons (Fsp3) is 0.333. The smallest absolute Gasteiger partial charge is 0.421 e. The minimum Gasteiger partial charge on any atom is -0.443 e. The predicted octanol–water partition coefficient (Wildman–Crippen LogP) is 3.58. The SMILES string of the molecule is CC(C)(C)OC(=O)N1C(=O)[C@@](CO)(Cc2ccc(F)cc2)c2ccccc21. The van der Waals surface area contributed by atoms with Crippen molar-refractivity contribution in [2.45, 2.75) is 38.2 Å². The summed E-state index contributed by atoms with van der Waals surface area (Å²) in [6.07, 6.45) is -0.645. The van der Waals surface area contributed by atoms with Crippen molar-refractivity contribution in [3.63, 3.8) is 0 Å². The molecule has 0 aromatic heterocycles. The maximum atomic E-state index is 13.3. The van der Waals surface area contributed by atoms with Crippen LogP contribution in [-0.2, 0) is 21.4 Å². The van der Waals surface area contributed by atoms with Gasteiger partial charge in [-0.25, -0.2) is 14.1 Å². The third-order valence-corrected chi connectivity index (χ3v) is 4.54. The maximum absolute atomic E-state index is 13.3. The lowest BCUT2D eigenvalue weighted by Gasteiger charge is -2.27. The molecule has 1 aliphatic rings. The number of aliphatic hydroxyl groups excluding tert-OH is 1. The first kappa shape index (κ1) is 19.0. The number of aliphatic hydroxyl groups is 1. The molecule has 6 heteroatoms. The number of hydrogen-bond acceptors (Lipinski definition) is 4. The lowest BCUT2D eigenvalue weighted by Crippen LogP contribution is -2.48. The Hall–Kier alpha value is -2.73. The van der Waals surface area contributed by atoms with E-state index in [2.05, 4.69) is 0 Å². The molecule has 142 valence electrons. The number of benzene rings is 2. The highest BCUT2D eigenvalue weighted by Crippen LogP contribution is 2.44. The number of fused-ring (bicyclic) bond motifs is 1. The van der Waals surface area contributed by atoms with Crippen molar-refractivity contribution in [2.75, 3.05) is 11.5 Å². The van der Waals surface area contributed by atoms with Gasteiger partial charge in [0.15, 0.2) is 0 Å². The number of carbonyl (C=O) groups excluding carboxylic acids is 2. The van der Waals surface area contributed by atoms with Crippen molar-refractivity contribution in [3.05, 3.63) is 65.5 Å². The number of hydrogen-bond donors (Lipinski definition) is 1. The average Bonchev–Trinajstić information content (AvgIpc) is 2.84. The van der Waals surface area contributed by atoms with Crippen molar-refractivity contribution in [3.8, 4) is 0 Å². The second-order valence-corrected chi connectivity index (χ2v) is 7.68. The molecule has 1 heterocycles. The third kappa shape index (κ3) is 3.45. The Morgan fingerprint density at radius 2 is 1.78 bits per heavy atom. The molecule has 0 saturated carbocycles. The van der Waals surface area contributed by atoms with Gasteiger partial charge in [0, 0.05) is 0 Å². The predicted molar refractivity (Wildman–Crippen MR) is 99.0 cm³/mol. The minimum atomic E-state index is -1.33. The van der Waals surface area contributed by atoms with Crippen LogP contribution >= 0.6 is 0 Å². The van der Waals surface area contributed by atoms with Crippen LogP contribution in [-0.4, -0.2) is 29.3 Å². The van der Waals surface area contributed by atoms with Gasteiger partial charge >= 0.3 is 6.09 Å². The van der Waals surface area contributed by atoms with Gasteiger partial charge in [0.25, 0.3) is 0 Å². The highest BCUT2D eigenvalue weighted by molar-refractivity contribution is 6.21. The van der Waals surface area contributed by atoms with Crippen molar-refractivity contribution in [2.24, 2.45) is 0 Å². The highest BCUT2D eigenvalue weighted by atomic mass is 19.1. The Balaban J connectivity index is 2.06. The Kier molecular flexibility index (Phi) is 4.78. The molecule has 2 aromatic carbocycles. The summed E-state index contributed by atoms with van der Waals surface area (Å²) >= 11 is 0. The topological polar surface area (TPSA) is 66.8 Å². The van der Waals surface area contributed by atoms with E-state index in [0.717, 1.165) is 4.90 Å². The highest BCUT2D eigenvalue weighted by Gasteiger charge is 2.53. The first-order valence-corrected chi connectivity index (χ1v) is 8.70. The molecular weight excluding hydrogens is 349 g/mol. The van der Waals surface area contributed by atoms with Crippen LogP contribution in [0.2, 0.25) is 0 Å². The number of amides is 2. The van der Waals surface area contributed by atoms with Crippen LogP contribution in [0.25, 0.3) is 0 Å². The van der Waals surface area contributed by atoms with E-state index in [0.29, 0.717) is 16.8 Å². The van der Waals surface area contributed by atoms with E-state index in [1.807, 2.05) is 0 Å². The average molecular weight is 371 g/mol. The molecule has 0 radical (unpaired) electrons. The second kappa shape index (κ2) is 6.78. The molecule has 0 spiro atoms. The van der Waals surface area contributed by atoms with E-state index in [4.69, 9.17) is 4.74 Å². The lowest BCUT2D eigenvalue weighted by atomic mass is 9.77. The summed E-state index contributed by atoms with van der Waals surface area (Å²) in [7, 11) is 0. The number of ether oxygens (including phenoxy) is 1. The maximum Gasteiger partial charge on any atom is 0.421 e. The number of carbonyl (C=O) groups is 2. The number of halogens is 1. The molecule has 0 unspecified atom stereocenters. The van der Waals surface area contributed by atoms with Gasteiger partial charge in [-0.15, -0.1) is 0 Å². The summed E-state index contributed by atoms with van der Waals surface area (Å²) in [6, 6.07) is 12.6. The van der Waals surface area contributed by atoms with E-state index < -0.39 is 29.6 Å². The number of nitrogens with zero attached hydrogens (tertiary/aromatic N) is 1. The largest absolute Gasteiger partial charge is 0.443 e. The zero-order chi connectivity index (χ0) is 19.8. The van der Waals surface area contributed by atoms with Crippen LogP contribution < -0.4 is 4.90 Å². The minimum absolute atomic E-state index is 0.138. The monoisotopic (exact) mass is 371 g/mol. The Morgan fingerprint density at radius 3 is 2.37 bits per heavy atom. The molecule has 0 fully saturated rings. The van der Waals surface area contributed by atoms with Crippen LogP contribution in [0.3, 0.4) is 0 Å². The van der Waals surface area contributed by atoms with Gasteiger partial charge in [0.1, 0.15) is 16.8 Å². The molecule has 0 saturated heterocycles. The van der Waals surface area contributed by atoms with Gasteiger partial charge in [0.05, 0.1) is 12.3 Å². The second-order valence-electron chi connectivity index (χ2n) is 7.68. The molecule has 0 aliphatic carbocycles. The molecule has 3 rings (SSSR count). The summed E-state index contributed by atoms with van der Waals surface area (Å²) in [4.78, 5) is 27.0. The number of rotatable bonds is 3. The Morgan fingerprint density at radius 1 is 1.15 bits per heavy atom. The van der Waals surface area contributed by atoms with E-state index in [9.17, 15) is 19.1 Å². The number of imide groups is 1. The molecule has 2 amide bonds. The van der Waals surface area contributed by atoms with Gasteiger partial charge in [-0.05, 0) is 56.5 Å². The van der Waals surface area contributed by atoms with Crippen LogP contribution in [0.5, 0.6) is 0 Å². The molecular formula is C21H22FNO4. The normalized spacial score (nSPS) is 19.1. The van der Waals surface area contributed by atoms with Crippen molar-refractivity contribution in [1.82, 2.24) is 0 Å². The van der Waals surface area contributed by atoms with E-state index in [1.165, 1.54) is 12.1 Å². The van der Waals surface area contributed by atoms with Crippen LogP contribution in [0.1, 0.15) is 31.9 Å². The Bertz CT molecular complexity index is 872. The fourth-order valence-corrected chi connectivity index (χ4v) is 3.33. The molecule has 0 bridgehead atoms. The standard InChI is InChI=1S/C21H22FNO4/c1-20(2,3)27-19(26)23-17-7-5-4-6-16(17)21(13-24,18(23)25)12-14-8-10-15(22)11-9-14/h4-11,24H,12-13H2,1-3H3/t21-/m1/s1. The fourth-order valence-electron chi connectivity index (χ4n) is 3.33. The van der Waals surface area contributed by atoms with Gasteiger partial charge < -0.3 is 9.84 Å². The number of para-hydroxylation sites is 1. The molecule has 2 aromatic rings. The Labute approximate surface area is 157 Å². The van der Waals surface area contributed by atoms with Crippen molar-refractivity contribution < 1.29 is 23.8 Å². The van der Waals surface area contributed by atoms with E-state index >= 15 is 0 Å². The van der Waals surface area contributed by atoms with E-state index in [-0.39, 0.29) is 12.2 Å². The molecule has 1 atom stereocenters. The quantitative estimate of drug-likeness (QED) is 0.896. The molecule has 1 N–H and O–H groups in total. The molecule has 27 heavy (non-hydrogen) atoms. The zero-order valence-corrected chi connectivity index (χ0v) is 15.5.